The zero-order chi connectivity index (χ0) is 20.2. The van der Waals surface area contributed by atoms with E-state index >= 15 is 0 Å². The second-order valence-electron chi connectivity index (χ2n) is 7.88. The number of rotatable bonds is 6. The lowest BCUT2D eigenvalue weighted by Gasteiger charge is -2.30. The molecule has 5 heteroatoms. The molecule has 1 aliphatic carbocycles. The zero-order valence-corrected chi connectivity index (χ0v) is 16.3. The monoisotopic (exact) mass is 392 g/mol. The Labute approximate surface area is 169 Å². The summed E-state index contributed by atoms with van der Waals surface area (Å²) in [6, 6.07) is 15.1. The van der Waals surface area contributed by atoms with Crippen LogP contribution in [-0.4, -0.2) is 22.1 Å². The van der Waals surface area contributed by atoms with E-state index in [1.807, 2.05) is 36.5 Å². The summed E-state index contributed by atoms with van der Waals surface area (Å²) in [6.07, 6.45) is 6.21. The Balaban J connectivity index is 1.33. The standard InChI is InChI=1S/C24H25FN2O2/c25-19-7-10-23-22(14-19)21(11-12-26-23)18-5-8-20(9-6-18)27-15-17-3-1-16(2-4-17)13-24(28)29/h1-4,7,10-12,14,18,20,27H,5-6,8-9,13,15H2,(H,28,29)/t18-,20+. The van der Waals surface area contributed by atoms with Gasteiger partial charge >= 0.3 is 5.97 Å². The molecular formula is C24H25FN2O2. The number of carboxylic acid groups (broad SMARTS) is 1. The molecule has 2 N–H and O–H groups in total. The van der Waals surface area contributed by atoms with Gasteiger partial charge in [-0.15, -0.1) is 0 Å². The molecule has 150 valence electrons. The van der Waals surface area contributed by atoms with Crippen LogP contribution in [0.5, 0.6) is 0 Å². The van der Waals surface area contributed by atoms with E-state index in [2.05, 4.69) is 10.3 Å². The average Bonchev–Trinajstić information content (AvgIpc) is 2.73. The van der Waals surface area contributed by atoms with Gasteiger partial charge in [-0.1, -0.05) is 24.3 Å². The Hall–Kier alpha value is -2.79. The van der Waals surface area contributed by atoms with Crippen LogP contribution in [0, 0.1) is 5.82 Å². The van der Waals surface area contributed by atoms with Gasteiger partial charge in [0, 0.05) is 24.2 Å². The molecule has 0 unspecified atom stereocenters. The summed E-state index contributed by atoms with van der Waals surface area (Å²) in [6.45, 7) is 0.784. The predicted octanol–water partition coefficient (Wildman–Crippen LogP) is 4.82. The SMILES string of the molecule is O=C(O)Cc1ccc(CN[C@H]2CC[C@@H](c3ccnc4ccc(F)cc43)CC2)cc1. The number of hydrogen-bond acceptors (Lipinski definition) is 3. The van der Waals surface area contributed by atoms with Gasteiger partial charge in [0.2, 0.25) is 0 Å². The van der Waals surface area contributed by atoms with Crippen LogP contribution >= 0.6 is 0 Å². The van der Waals surface area contributed by atoms with Crippen molar-refractivity contribution in [1.29, 1.82) is 0 Å². The zero-order valence-electron chi connectivity index (χ0n) is 16.3. The minimum atomic E-state index is -0.808. The van der Waals surface area contributed by atoms with Gasteiger partial charge in [-0.25, -0.2) is 4.39 Å². The van der Waals surface area contributed by atoms with Gasteiger partial charge in [0.1, 0.15) is 5.82 Å². The first-order chi connectivity index (χ1) is 14.1. The number of carboxylic acids is 1. The van der Waals surface area contributed by atoms with Crippen LogP contribution in [0.4, 0.5) is 4.39 Å². The molecule has 1 fully saturated rings. The maximum absolute atomic E-state index is 13.7. The number of halogens is 1. The van der Waals surface area contributed by atoms with Gasteiger partial charge < -0.3 is 10.4 Å². The van der Waals surface area contributed by atoms with Crippen LogP contribution in [-0.2, 0) is 17.8 Å². The lowest BCUT2D eigenvalue weighted by molar-refractivity contribution is -0.136. The normalized spacial score (nSPS) is 19.3. The molecule has 1 aromatic heterocycles. The Morgan fingerprint density at radius 3 is 2.48 bits per heavy atom. The predicted molar refractivity (Wildman–Crippen MR) is 111 cm³/mol. The first-order valence-electron chi connectivity index (χ1n) is 10.2. The summed E-state index contributed by atoms with van der Waals surface area (Å²) in [5.74, 6) is -0.579. The quantitative estimate of drug-likeness (QED) is 0.632. The van der Waals surface area contributed by atoms with Crippen LogP contribution in [0.3, 0.4) is 0 Å². The van der Waals surface area contributed by atoms with Gasteiger partial charge in [0.05, 0.1) is 11.9 Å². The highest BCUT2D eigenvalue weighted by atomic mass is 19.1. The van der Waals surface area contributed by atoms with E-state index in [9.17, 15) is 9.18 Å². The van der Waals surface area contributed by atoms with E-state index in [4.69, 9.17) is 5.11 Å². The minimum Gasteiger partial charge on any atom is -0.481 e. The van der Waals surface area contributed by atoms with Gasteiger partial charge in [-0.05, 0) is 72.6 Å². The number of aromatic nitrogens is 1. The molecule has 0 radical (unpaired) electrons. The van der Waals surface area contributed by atoms with Gasteiger partial charge in [-0.2, -0.15) is 0 Å². The third-order valence-corrected chi connectivity index (χ3v) is 5.88. The number of carbonyl (C=O) groups is 1. The van der Waals surface area contributed by atoms with Crippen molar-refractivity contribution in [2.75, 3.05) is 0 Å². The first kappa shape index (κ1) is 19.5. The van der Waals surface area contributed by atoms with Crippen molar-refractivity contribution in [3.63, 3.8) is 0 Å². The van der Waals surface area contributed by atoms with Crippen LogP contribution in [0.15, 0.2) is 54.7 Å². The van der Waals surface area contributed by atoms with E-state index in [1.54, 1.807) is 12.1 Å². The number of hydrogen-bond donors (Lipinski definition) is 2. The molecule has 0 bridgehead atoms. The summed E-state index contributed by atoms with van der Waals surface area (Å²) in [4.78, 5) is 15.1. The summed E-state index contributed by atoms with van der Waals surface area (Å²) >= 11 is 0. The molecule has 2 aromatic carbocycles. The maximum Gasteiger partial charge on any atom is 0.307 e. The molecule has 1 aliphatic rings. The Morgan fingerprint density at radius 1 is 1.03 bits per heavy atom. The van der Waals surface area contributed by atoms with Crippen LogP contribution in [0.1, 0.15) is 48.3 Å². The third-order valence-electron chi connectivity index (χ3n) is 5.88. The van der Waals surface area contributed by atoms with E-state index in [-0.39, 0.29) is 12.2 Å². The fourth-order valence-electron chi connectivity index (χ4n) is 4.32. The average molecular weight is 392 g/mol. The minimum absolute atomic E-state index is 0.0608. The number of pyridine rings is 1. The van der Waals surface area contributed by atoms with E-state index < -0.39 is 5.97 Å². The highest BCUT2D eigenvalue weighted by Gasteiger charge is 2.23. The van der Waals surface area contributed by atoms with Gasteiger partial charge in [0.25, 0.3) is 0 Å². The maximum atomic E-state index is 13.7. The second-order valence-corrected chi connectivity index (χ2v) is 7.88. The molecule has 0 saturated heterocycles. The largest absolute Gasteiger partial charge is 0.481 e. The molecule has 0 amide bonds. The number of benzene rings is 2. The first-order valence-corrected chi connectivity index (χ1v) is 10.2. The third kappa shape index (κ3) is 4.80. The molecule has 29 heavy (non-hydrogen) atoms. The van der Waals surface area contributed by atoms with Crippen molar-refractivity contribution in [3.8, 4) is 0 Å². The van der Waals surface area contributed by atoms with Crippen molar-refractivity contribution in [2.24, 2.45) is 0 Å². The highest BCUT2D eigenvalue weighted by Crippen LogP contribution is 2.36. The summed E-state index contributed by atoms with van der Waals surface area (Å²) in [7, 11) is 0. The van der Waals surface area contributed by atoms with Crippen molar-refractivity contribution in [2.45, 2.75) is 50.6 Å². The topological polar surface area (TPSA) is 62.2 Å². The fourth-order valence-corrected chi connectivity index (χ4v) is 4.32. The Morgan fingerprint density at radius 2 is 1.76 bits per heavy atom. The molecule has 3 aromatic rings. The van der Waals surface area contributed by atoms with Crippen molar-refractivity contribution < 1.29 is 14.3 Å². The van der Waals surface area contributed by atoms with Crippen molar-refractivity contribution >= 4 is 16.9 Å². The van der Waals surface area contributed by atoms with Crippen molar-refractivity contribution in [1.82, 2.24) is 10.3 Å². The second kappa shape index (κ2) is 8.70. The molecule has 0 atom stereocenters. The number of fused-ring (bicyclic) bond motifs is 1. The molecule has 1 heterocycles. The Kier molecular flexibility index (Phi) is 5.86. The Bertz CT molecular complexity index is 995. The van der Waals surface area contributed by atoms with Gasteiger partial charge in [-0.3, -0.25) is 9.78 Å². The number of nitrogens with zero attached hydrogens (tertiary/aromatic N) is 1. The fraction of sp³-hybridized carbons (Fsp3) is 0.333. The summed E-state index contributed by atoms with van der Waals surface area (Å²) in [5, 5.41) is 13.4. The van der Waals surface area contributed by atoms with Crippen LogP contribution in [0.2, 0.25) is 0 Å². The molecule has 1 saturated carbocycles. The molecular weight excluding hydrogens is 367 g/mol. The number of nitrogens with one attached hydrogen (secondary N) is 1. The van der Waals surface area contributed by atoms with E-state index in [1.165, 1.54) is 11.6 Å². The lowest BCUT2D eigenvalue weighted by Crippen LogP contribution is -2.32. The van der Waals surface area contributed by atoms with E-state index in [0.717, 1.165) is 54.3 Å². The highest BCUT2D eigenvalue weighted by molar-refractivity contribution is 5.82. The van der Waals surface area contributed by atoms with Crippen LogP contribution < -0.4 is 5.32 Å². The van der Waals surface area contributed by atoms with Crippen molar-refractivity contribution in [3.05, 3.63) is 77.2 Å². The van der Waals surface area contributed by atoms with E-state index in [0.29, 0.717) is 12.0 Å². The molecule has 0 spiro atoms. The summed E-state index contributed by atoms with van der Waals surface area (Å²) < 4.78 is 13.7. The smallest absolute Gasteiger partial charge is 0.307 e. The lowest BCUT2D eigenvalue weighted by atomic mass is 9.80. The van der Waals surface area contributed by atoms with Crippen LogP contribution in [0.25, 0.3) is 10.9 Å². The molecule has 4 rings (SSSR count). The molecule has 0 aliphatic heterocycles. The number of aliphatic carboxylic acids is 1. The molecule has 4 nitrogen and oxygen atoms in total. The summed E-state index contributed by atoms with van der Waals surface area (Å²) in [5.41, 5.74) is 4.05. The van der Waals surface area contributed by atoms with Gasteiger partial charge in [0.15, 0.2) is 0 Å².